The third kappa shape index (κ3) is 4.18. The molecule has 0 spiro atoms. The summed E-state index contributed by atoms with van der Waals surface area (Å²) in [5.41, 5.74) is 10.1. The van der Waals surface area contributed by atoms with Gasteiger partial charge in [-0.3, -0.25) is 14.6 Å². The van der Waals surface area contributed by atoms with Crippen molar-refractivity contribution in [1.82, 2.24) is 25.0 Å². The van der Waals surface area contributed by atoms with Crippen molar-refractivity contribution in [2.24, 2.45) is 11.7 Å². The molecule has 5 rings (SSSR count). The maximum atomic E-state index is 13.7. The van der Waals surface area contributed by atoms with Crippen molar-refractivity contribution >= 4 is 43.8 Å². The van der Waals surface area contributed by atoms with Crippen molar-refractivity contribution in [1.29, 1.82) is 0 Å². The van der Waals surface area contributed by atoms with Crippen molar-refractivity contribution in [3.63, 3.8) is 0 Å². The fourth-order valence-corrected chi connectivity index (χ4v) is 4.80. The maximum Gasteiger partial charge on any atom is 0.251 e. The lowest BCUT2D eigenvalue weighted by Gasteiger charge is -2.15. The van der Waals surface area contributed by atoms with E-state index in [1.165, 1.54) is 6.07 Å². The van der Waals surface area contributed by atoms with Gasteiger partial charge >= 0.3 is 0 Å². The van der Waals surface area contributed by atoms with Gasteiger partial charge in [-0.25, -0.2) is 13.8 Å². The van der Waals surface area contributed by atoms with Crippen molar-refractivity contribution in [2.75, 3.05) is 0 Å². The predicted octanol–water partition coefficient (Wildman–Crippen LogP) is 5.36. The highest BCUT2D eigenvalue weighted by Gasteiger charge is 2.24. The van der Waals surface area contributed by atoms with E-state index in [-0.39, 0.29) is 12.5 Å². The summed E-state index contributed by atoms with van der Waals surface area (Å²) in [4.78, 5) is 17.3. The zero-order chi connectivity index (χ0) is 24.9. The average molecular weight is 539 g/mol. The zero-order valence-corrected chi connectivity index (χ0v) is 20.5. The molecule has 1 amide bonds. The van der Waals surface area contributed by atoms with E-state index in [9.17, 15) is 13.6 Å². The van der Waals surface area contributed by atoms with E-state index >= 15 is 0 Å². The van der Waals surface area contributed by atoms with Gasteiger partial charge in [-0.05, 0) is 63.7 Å². The quantitative estimate of drug-likeness (QED) is 0.303. The molecule has 0 saturated heterocycles. The van der Waals surface area contributed by atoms with Gasteiger partial charge in [-0.15, -0.1) is 0 Å². The third-order valence-electron chi connectivity index (χ3n) is 5.83. The standard InChI is InChI=1S/C25H21BrF2N6O/c1-12(2)7-18-21(24(29)35)20(22-23(26)32-33-25(22)31-18)14-4-6-19-15(9-14)10-30-34(19)11-13-3-5-16(27)17(28)8-13/h3-6,8-10,12H,7,11H2,1-2H3,(H2,29,35)(H,31,32,33). The van der Waals surface area contributed by atoms with Gasteiger partial charge in [-0.1, -0.05) is 26.0 Å². The van der Waals surface area contributed by atoms with E-state index < -0.39 is 17.5 Å². The van der Waals surface area contributed by atoms with Gasteiger partial charge in [0, 0.05) is 10.9 Å². The minimum atomic E-state index is -0.898. The van der Waals surface area contributed by atoms with Gasteiger partial charge < -0.3 is 5.73 Å². The molecule has 0 aliphatic rings. The summed E-state index contributed by atoms with van der Waals surface area (Å²) < 4.78 is 29.3. The summed E-state index contributed by atoms with van der Waals surface area (Å²) in [5.74, 6) is -2.10. The van der Waals surface area contributed by atoms with E-state index in [4.69, 9.17) is 5.73 Å². The number of rotatable bonds is 6. The molecule has 10 heteroatoms. The Labute approximate surface area is 207 Å². The highest BCUT2D eigenvalue weighted by Crippen LogP contribution is 2.38. The molecule has 0 atom stereocenters. The molecule has 3 aromatic heterocycles. The first-order chi connectivity index (χ1) is 16.7. The zero-order valence-electron chi connectivity index (χ0n) is 18.9. The molecule has 7 nitrogen and oxygen atoms in total. The number of hydrogen-bond donors (Lipinski definition) is 2. The van der Waals surface area contributed by atoms with Crippen molar-refractivity contribution < 1.29 is 13.6 Å². The van der Waals surface area contributed by atoms with Crippen LogP contribution in [0, 0.1) is 17.6 Å². The smallest absolute Gasteiger partial charge is 0.251 e. The number of carbonyl (C=O) groups excluding carboxylic acids is 1. The molecule has 178 valence electrons. The second-order valence-corrected chi connectivity index (χ2v) is 9.62. The Balaban J connectivity index is 1.66. The molecule has 35 heavy (non-hydrogen) atoms. The van der Waals surface area contributed by atoms with Crippen LogP contribution < -0.4 is 5.73 Å². The number of pyridine rings is 1. The van der Waals surface area contributed by atoms with Crippen molar-refractivity contribution in [2.45, 2.75) is 26.8 Å². The average Bonchev–Trinajstić information content (AvgIpc) is 3.37. The molecule has 3 N–H and O–H groups in total. The lowest BCUT2D eigenvalue weighted by Crippen LogP contribution is -2.18. The summed E-state index contributed by atoms with van der Waals surface area (Å²) in [7, 11) is 0. The molecule has 0 aliphatic carbocycles. The second-order valence-electron chi connectivity index (χ2n) is 8.83. The summed E-state index contributed by atoms with van der Waals surface area (Å²) in [5, 5.41) is 13.1. The minimum Gasteiger partial charge on any atom is -0.366 e. The molecule has 2 aromatic carbocycles. The Bertz CT molecular complexity index is 1610. The van der Waals surface area contributed by atoms with E-state index in [0.717, 1.165) is 28.6 Å². The number of hydrogen-bond acceptors (Lipinski definition) is 4. The second kappa shape index (κ2) is 8.84. The Hall–Kier alpha value is -3.66. The molecule has 5 aromatic rings. The monoisotopic (exact) mass is 538 g/mol. The van der Waals surface area contributed by atoms with Crippen LogP contribution in [0.1, 0.15) is 35.5 Å². The number of nitrogens with one attached hydrogen (secondary N) is 1. The third-order valence-corrected chi connectivity index (χ3v) is 6.40. The molecule has 0 saturated carbocycles. The summed E-state index contributed by atoms with van der Waals surface area (Å²) in [6.45, 7) is 4.37. The largest absolute Gasteiger partial charge is 0.366 e. The van der Waals surface area contributed by atoms with Gasteiger partial charge in [0.2, 0.25) is 0 Å². The summed E-state index contributed by atoms with van der Waals surface area (Å²) >= 11 is 3.49. The van der Waals surface area contributed by atoms with Crippen LogP contribution in [-0.2, 0) is 13.0 Å². The molecule has 0 radical (unpaired) electrons. The number of halogens is 3. The molecule has 0 fully saturated rings. The number of carbonyl (C=O) groups is 1. The molecule has 0 aliphatic heterocycles. The number of primary amides is 1. The van der Waals surface area contributed by atoms with E-state index in [0.29, 0.717) is 44.4 Å². The molecule has 0 bridgehead atoms. The molecular formula is C25H21BrF2N6O. The van der Waals surface area contributed by atoms with Crippen LogP contribution in [0.25, 0.3) is 33.1 Å². The number of nitrogens with two attached hydrogens (primary N) is 1. The van der Waals surface area contributed by atoms with Gasteiger partial charge in [0.15, 0.2) is 17.3 Å². The van der Waals surface area contributed by atoms with Crippen LogP contribution in [0.2, 0.25) is 0 Å². The lowest BCUT2D eigenvalue weighted by atomic mass is 9.92. The Morgan fingerprint density at radius 3 is 2.69 bits per heavy atom. The Morgan fingerprint density at radius 1 is 1.17 bits per heavy atom. The first kappa shape index (κ1) is 23.1. The Morgan fingerprint density at radius 2 is 1.97 bits per heavy atom. The highest BCUT2D eigenvalue weighted by atomic mass is 79.9. The molecular weight excluding hydrogens is 518 g/mol. The van der Waals surface area contributed by atoms with Gasteiger partial charge in [0.05, 0.1) is 34.9 Å². The summed E-state index contributed by atoms with van der Waals surface area (Å²) in [6, 6.07) is 9.47. The van der Waals surface area contributed by atoms with Gasteiger partial charge in [0.1, 0.15) is 4.60 Å². The fourth-order valence-electron chi connectivity index (χ4n) is 4.34. The highest BCUT2D eigenvalue weighted by molar-refractivity contribution is 9.10. The van der Waals surface area contributed by atoms with Crippen LogP contribution in [0.3, 0.4) is 0 Å². The number of amides is 1. The predicted molar refractivity (Wildman–Crippen MR) is 133 cm³/mol. The van der Waals surface area contributed by atoms with E-state index in [1.807, 2.05) is 32.0 Å². The Kier molecular flexibility index (Phi) is 5.84. The van der Waals surface area contributed by atoms with Crippen LogP contribution in [0.15, 0.2) is 47.2 Å². The van der Waals surface area contributed by atoms with E-state index in [1.54, 1.807) is 10.9 Å². The summed E-state index contributed by atoms with van der Waals surface area (Å²) in [6.07, 6.45) is 2.26. The number of aromatic amines is 1. The SMILES string of the molecule is CC(C)Cc1nc2n[nH]c(Br)c2c(-c2ccc3c(cnn3Cc3ccc(F)c(F)c3)c2)c1C(N)=O. The molecule has 3 heterocycles. The normalized spacial score (nSPS) is 11.7. The number of H-pyrrole nitrogens is 1. The van der Waals surface area contributed by atoms with Crippen molar-refractivity contribution in [3.05, 3.63) is 75.7 Å². The van der Waals surface area contributed by atoms with Crippen LogP contribution in [0.5, 0.6) is 0 Å². The lowest BCUT2D eigenvalue weighted by molar-refractivity contribution is 0.0999. The minimum absolute atomic E-state index is 0.255. The van der Waals surface area contributed by atoms with E-state index in [2.05, 4.69) is 36.2 Å². The van der Waals surface area contributed by atoms with Crippen molar-refractivity contribution in [3.8, 4) is 11.1 Å². The van der Waals surface area contributed by atoms with Crippen LogP contribution in [-0.4, -0.2) is 30.9 Å². The van der Waals surface area contributed by atoms with Crippen LogP contribution >= 0.6 is 15.9 Å². The number of benzene rings is 2. The van der Waals surface area contributed by atoms with Gasteiger partial charge in [0.25, 0.3) is 5.91 Å². The molecule has 0 unspecified atom stereocenters. The number of nitrogens with zero attached hydrogens (tertiary/aromatic N) is 4. The fraction of sp³-hybridized carbons (Fsp3) is 0.200. The van der Waals surface area contributed by atoms with Crippen LogP contribution in [0.4, 0.5) is 8.78 Å². The maximum absolute atomic E-state index is 13.7. The number of fused-ring (bicyclic) bond motifs is 2. The number of aromatic nitrogens is 5. The van der Waals surface area contributed by atoms with Gasteiger partial charge in [-0.2, -0.15) is 10.2 Å². The topological polar surface area (TPSA) is 102 Å². The first-order valence-electron chi connectivity index (χ1n) is 11.0. The first-order valence-corrected chi connectivity index (χ1v) is 11.8.